The van der Waals surface area contributed by atoms with Crippen molar-refractivity contribution in [3.63, 3.8) is 0 Å². The van der Waals surface area contributed by atoms with Gasteiger partial charge in [0, 0.05) is 0 Å². The summed E-state index contributed by atoms with van der Waals surface area (Å²) in [5.41, 5.74) is 0. The van der Waals surface area contributed by atoms with Crippen LogP contribution in [0.5, 0.6) is 0 Å². The Bertz CT molecular complexity index is 192. The van der Waals surface area contributed by atoms with Gasteiger partial charge < -0.3 is 0 Å². The van der Waals surface area contributed by atoms with E-state index in [1.54, 1.807) is 0 Å². The number of hydrogen-bond donors (Lipinski definition) is 0. The predicted molar refractivity (Wildman–Crippen MR) is 84.9 cm³/mol. The van der Waals surface area contributed by atoms with Gasteiger partial charge in [0.1, 0.15) is 0 Å². The number of allylic oxidation sites excluding steroid dienone is 2. The zero-order valence-corrected chi connectivity index (χ0v) is 12.8. The van der Waals surface area contributed by atoms with Gasteiger partial charge >= 0.3 is 0 Å². The van der Waals surface area contributed by atoms with Crippen LogP contribution in [0.25, 0.3) is 0 Å². The third-order valence-electron chi connectivity index (χ3n) is 4.06. The molecule has 0 spiro atoms. The summed E-state index contributed by atoms with van der Waals surface area (Å²) in [6, 6.07) is 0. The Kier molecular flexibility index (Phi) is 12.6. The Hall–Kier alpha value is -0.520. The van der Waals surface area contributed by atoms with E-state index in [0.29, 0.717) is 0 Å². The Morgan fingerprint density at radius 3 is 2.22 bits per heavy atom. The molecule has 0 nitrogen and oxygen atoms in total. The Balaban J connectivity index is 0.000000321. The molecule has 0 aromatic heterocycles. The van der Waals surface area contributed by atoms with E-state index < -0.39 is 0 Å². The monoisotopic (exact) mass is 250 g/mol. The van der Waals surface area contributed by atoms with Crippen molar-refractivity contribution in [2.45, 2.75) is 78.1 Å². The molecule has 0 radical (unpaired) electrons. The first-order valence-corrected chi connectivity index (χ1v) is 8.03. The Labute approximate surface area is 116 Å². The lowest BCUT2D eigenvalue weighted by Crippen LogP contribution is -2.01. The lowest BCUT2D eigenvalue weighted by Gasteiger charge is -2.11. The normalized spacial score (nSPS) is 22.1. The Morgan fingerprint density at radius 2 is 1.72 bits per heavy atom. The largest absolute Gasteiger partial charge is 0.103 e. The van der Waals surface area contributed by atoms with Crippen molar-refractivity contribution >= 4 is 0 Å². The SMILES string of the molecule is C=CC1CCCC1CC.C=CCCCCCCC. The molecule has 1 saturated carbocycles. The van der Waals surface area contributed by atoms with Crippen LogP contribution in [-0.2, 0) is 0 Å². The fourth-order valence-electron chi connectivity index (χ4n) is 2.77. The quantitative estimate of drug-likeness (QED) is 0.339. The highest BCUT2D eigenvalue weighted by molar-refractivity contribution is 4.88. The van der Waals surface area contributed by atoms with Gasteiger partial charge in [-0.25, -0.2) is 0 Å². The molecule has 0 heteroatoms. The molecule has 1 aliphatic rings. The highest BCUT2D eigenvalue weighted by atomic mass is 14.3. The van der Waals surface area contributed by atoms with Crippen molar-refractivity contribution in [3.05, 3.63) is 25.3 Å². The number of unbranched alkanes of at least 4 members (excludes halogenated alkanes) is 5. The summed E-state index contributed by atoms with van der Waals surface area (Å²) in [6.45, 7) is 12.0. The molecule has 0 aromatic carbocycles. The van der Waals surface area contributed by atoms with Crippen LogP contribution in [0, 0.1) is 11.8 Å². The van der Waals surface area contributed by atoms with Crippen molar-refractivity contribution in [3.8, 4) is 0 Å². The number of rotatable bonds is 8. The van der Waals surface area contributed by atoms with Crippen LogP contribution >= 0.6 is 0 Å². The molecule has 0 amide bonds. The minimum atomic E-state index is 0.843. The summed E-state index contributed by atoms with van der Waals surface area (Å²) in [6.07, 6.45) is 17.8. The van der Waals surface area contributed by atoms with Gasteiger partial charge in [-0.1, -0.05) is 64.5 Å². The maximum absolute atomic E-state index is 3.84. The molecule has 1 fully saturated rings. The summed E-state index contributed by atoms with van der Waals surface area (Å²) < 4.78 is 0. The molecule has 1 rings (SSSR count). The first-order valence-electron chi connectivity index (χ1n) is 8.03. The van der Waals surface area contributed by atoms with Gasteiger partial charge in [0.25, 0.3) is 0 Å². The molecule has 106 valence electrons. The summed E-state index contributed by atoms with van der Waals surface area (Å²) in [4.78, 5) is 0. The smallest absolute Gasteiger partial charge is 0.0208 e. The molecule has 1 aliphatic carbocycles. The molecule has 0 aromatic rings. The van der Waals surface area contributed by atoms with Gasteiger partial charge in [-0.15, -0.1) is 13.2 Å². The fourth-order valence-corrected chi connectivity index (χ4v) is 2.77. The topological polar surface area (TPSA) is 0 Å². The third kappa shape index (κ3) is 8.55. The summed E-state index contributed by atoms with van der Waals surface area (Å²) in [5, 5.41) is 0. The lowest BCUT2D eigenvalue weighted by molar-refractivity contribution is 0.445. The average Bonchev–Trinajstić information content (AvgIpc) is 2.87. The van der Waals surface area contributed by atoms with E-state index >= 15 is 0 Å². The van der Waals surface area contributed by atoms with E-state index in [2.05, 4.69) is 33.1 Å². The molecular formula is C18H34. The Morgan fingerprint density at radius 1 is 1.00 bits per heavy atom. The molecule has 2 atom stereocenters. The number of hydrogen-bond acceptors (Lipinski definition) is 0. The lowest BCUT2D eigenvalue weighted by atomic mass is 9.94. The van der Waals surface area contributed by atoms with E-state index in [-0.39, 0.29) is 0 Å². The zero-order chi connectivity index (χ0) is 13.6. The summed E-state index contributed by atoms with van der Waals surface area (Å²) in [5.74, 6) is 1.80. The second-order valence-electron chi connectivity index (χ2n) is 5.49. The summed E-state index contributed by atoms with van der Waals surface area (Å²) >= 11 is 0. The van der Waals surface area contributed by atoms with Crippen molar-refractivity contribution in [1.82, 2.24) is 0 Å². The maximum Gasteiger partial charge on any atom is -0.0208 e. The first-order chi connectivity index (χ1) is 8.79. The van der Waals surface area contributed by atoms with Crippen LogP contribution in [0.3, 0.4) is 0 Å². The highest BCUT2D eigenvalue weighted by Crippen LogP contribution is 2.34. The molecule has 0 aliphatic heterocycles. The van der Waals surface area contributed by atoms with Gasteiger partial charge in [-0.2, -0.15) is 0 Å². The van der Waals surface area contributed by atoms with Crippen molar-refractivity contribution in [1.29, 1.82) is 0 Å². The second kappa shape index (κ2) is 12.9. The van der Waals surface area contributed by atoms with E-state index in [1.807, 2.05) is 6.08 Å². The predicted octanol–water partition coefficient (Wildman–Crippen LogP) is 6.53. The average molecular weight is 250 g/mol. The van der Waals surface area contributed by atoms with E-state index in [1.165, 1.54) is 64.2 Å². The van der Waals surface area contributed by atoms with Crippen molar-refractivity contribution < 1.29 is 0 Å². The van der Waals surface area contributed by atoms with Crippen LogP contribution in [0.15, 0.2) is 25.3 Å². The van der Waals surface area contributed by atoms with E-state index in [9.17, 15) is 0 Å². The van der Waals surface area contributed by atoms with Gasteiger partial charge in [-0.3, -0.25) is 0 Å². The van der Waals surface area contributed by atoms with Crippen molar-refractivity contribution in [2.24, 2.45) is 11.8 Å². The van der Waals surface area contributed by atoms with Crippen LogP contribution in [0.4, 0.5) is 0 Å². The van der Waals surface area contributed by atoms with Gasteiger partial charge in [0.15, 0.2) is 0 Å². The summed E-state index contributed by atoms with van der Waals surface area (Å²) in [7, 11) is 0. The van der Waals surface area contributed by atoms with Crippen LogP contribution < -0.4 is 0 Å². The molecule has 2 unspecified atom stereocenters. The maximum atomic E-state index is 3.84. The third-order valence-corrected chi connectivity index (χ3v) is 4.06. The first kappa shape index (κ1) is 17.5. The standard InChI is InChI=1S/C9H16.C9H18/c1-3-8-6-5-7-9(8)4-2;1-3-5-7-9-8-6-4-2/h3,8-9H,1,4-7H2,2H3;3H,1,4-9H2,2H3. The second-order valence-corrected chi connectivity index (χ2v) is 5.49. The molecular weight excluding hydrogens is 216 g/mol. The molecule has 0 heterocycles. The highest BCUT2D eigenvalue weighted by Gasteiger charge is 2.22. The molecule has 18 heavy (non-hydrogen) atoms. The van der Waals surface area contributed by atoms with Gasteiger partial charge in [0.2, 0.25) is 0 Å². The van der Waals surface area contributed by atoms with Gasteiger partial charge in [0.05, 0.1) is 0 Å². The van der Waals surface area contributed by atoms with E-state index in [4.69, 9.17) is 0 Å². The molecule has 0 N–H and O–H groups in total. The van der Waals surface area contributed by atoms with Crippen molar-refractivity contribution in [2.75, 3.05) is 0 Å². The zero-order valence-electron chi connectivity index (χ0n) is 12.8. The van der Waals surface area contributed by atoms with Gasteiger partial charge in [-0.05, 0) is 37.5 Å². The van der Waals surface area contributed by atoms with E-state index in [0.717, 1.165) is 11.8 Å². The molecule has 0 saturated heterocycles. The van der Waals surface area contributed by atoms with Crippen LogP contribution in [0.1, 0.15) is 78.1 Å². The minimum absolute atomic E-state index is 0.843. The van der Waals surface area contributed by atoms with Crippen LogP contribution in [-0.4, -0.2) is 0 Å². The minimum Gasteiger partial charge on any atom is -0.103 e. The molecule has 0 bridgehead atoms. The fraction of sp³-hybridized carbons (Fsp3) is 0.778. The van der Waals surface area contributed by atoms with Crippen LogP contribution in [0.2, 0.25) is 0 Å².